The van der Waals surface area contributed by atoms with Gasteiger partial charge in [-0.3, -0.25) is 4.79 Å². The molecule has 1 saturated carbocycles. The average Bonchev–Trinajstić information content (AvgIpc) is 3.59. The Morgan fingerprint density at radius 3 is 2.34 bits per heavy atom. The van der Waals surface area contributed by atoms with Crippen LogP contribution in [-0.2, 0) is 6.18 Å². The Morgan fingerprint density at radius 1 is 1.06 bits per heavy atom. The molecule has 1 amide bonds. The van der Waals surface area contributed by atoms with E-state index >= 15 is 4.39 Å². The van der Waals surface area contributed by atoms with Crippen molar-refractivity contribution in [1.29, 1.82) is 0 Å². The van der Waals surface area contributed by atoms with Crippen molar-refractivity contribution in [3.05, 3.63) is 54.0 Å². The van der Waals surface area contributed by atoms with E-state index in [1.54, 1.807) is 16.7 Å². The molecule has 0 aromatic carbocycles. The molecule has 3 aromatic heterocycles. The molecule has 2 atom stereocenters. The second-order valence-electron chi connectivity index (χ2n) is 8.66. The lowest BCUT2D eigenvalue weighted by atomic mass is 10.00. The van der Waals surface area contributed by atoms with Crippen LogP contribution >= 0.6 is 0 Å². The quantitative estimate of drug-likeness (QED) is 0.508. The molecular formula is C22H22F4N8O. The summed E-state index contributed by atoms with van der Waals surface area (Å²) in [5.74, 6) is 0.799. The number of alkyl halides is 4. The maximum Gasteiger partial charge on any atom is 0.417 e. The van der Waals surface area contributed by atoms with Gasteiger partial charge in [0.25, 0.3) is 11.9 Å². The van der Waals surface area contributed by atoms with Gasteiger partial charge in [-0.05, 0) is 38.3 Å². The number of anilines is 1. The molecule has 5 rings (SSSR count). The zero-order valence-electron chi connectivity index (χ0n) is 18.7. The SMILES string of the molecule is Cc1ncnn1-c1ncc(C(=O)N(C2CC2)C2CCN(c3ccc(C(F)(F)F)cn3)C[C@@H]2F)cn1. The molecule has 0 radical (unpaired) electrons. The number of carbonyl (C=O) groups is 1. The fourth-order valence-corrected chi connectivity index (χ4v) is 4.28. The first-order chi connectivity index (χ1) is 16.7. The standard InChI is InChI=1S/C22H22F4N8O/c1-13-30-12-31-34(13)21-28-8-14(9-29-21)20(35)33(16-3-4-16)18-6-7-32(11-17(18)23)19-5-2-15(10-27-19)22(24,25)26/h2,5,8-10,12,16-18H,3-4,6-7,11H2,1H3/t17-,18?/m0/s1. The summed E-state index contributed by atoms with van der Waals surface area (Å²) in [6.45, 7) is 2.04. The third-order valence-corrected chi connectivity index (χ3v) is 6.23. The minimum absolute atomic E-state index is 0.0567. The van der Waals surface area contributed by atoms with Gasteiger partial charge in [0, 0.05) is 31.2 Å². The molecule has 1 saturated heterocycles. The number of rotatable bonds is 5. The highest BCUT2D eigenvalue weighted by atomic mass is 19.4. The number of carbonyl (C=O) groups excluding carboxylic acids is 1. The Kier molecular flexibility index (Phi) is 5.85. The van der Waals surface area contributed by atoms with Crippen LogP contribution in [0.5, 0.6) is 0 Å². The van der Waals surface area contributed by atoms with E-state index < -0.39 is 24.0 Å². The molecule has 4 heterocycles. The molecule has 184 valence electrons. The van der Waals surface area contributed by atoms with Crippen molar-refractivity contribution in [2.45, 2.75) is 50.6 Å². The molecule has 2 fully saturated rings. The second kappa shape index (κ2) is 8.86. The maximum absolute atomic E-state index is 15.4. The van der Waals surface area contributed by atoms with Gasteiger partial charge in [-0.2, -0.15) is 23.0 Å². The molecular weight excluding hydrogens is 468 g/mol. The number of halogens is 4. The Labute approximate surface area is 197 Å². The Morgan fingerprint density at radius 2 is 1.80 bits per heavy atom. The summed E-state index contributed by atoms with van der Waals surface area (Å²) < 4.78 is 55.2. The molecule has 1 unspecified atom stereocenters. The number of aromatic nitrogens is 6. The Hall–Kier alpha value is -3.64. The van der Waals surface area contributed by atoms with E-state index in [1.807, 2.05) is 0 Å². The van der Waals surface area contributed by atoms with E-state index in [9.17, 15) is 18.0 Å². The molecule has 13 heteroatoms. The van der Waals surface area contributed by atoms with Crippen molar-refractivity contribution in [2.24, 2.45) is 0 Å². The summed E-state index contributed by atoms with van der Waals surface area (Å²) in [5, 5.41) is 4.04. The predicted octanol–water partition coefficient (Wildman–Crippen LogP) is 3.00. The first-order valence-electron chi connectivity index (χ1n) is 11.2. The number of aryl methyl sites for hydroxylation is 1. The van der Waals surface area contributed by atoms with Crippen molar-refractivity contribution in [3.63, 3.8) is 0 Å². The van der Waals surface area contributed by atoms with Gasteiger partial charge < -0.3 is 9.80 Å². The molecule has 9 nitrogen and oxygen atoms in total. The van der Waals surface area contributed by atoms with Crippen LogP contribution in [0.15, 0.2) is 37.1 Å². The molecule has 1 aliphatic heterocycles. The largest absolute Gasteiger partial charge is 0.417 e. The van der Waals surface area contributed by atoms with Crippen LogP contribution in [-0.4, -0.2) is 71.9 Å². The monoisotopic (exact) mass is 490 g/mol. The normalized spacial score (nSPS) is 20.7. The van der Waals surface area contributed by atoms with E-state index in [4.69, 9.17) is 0 Å². The molecule has 35 heavy (non-hydrogen) atoms. The fourth-order valence-electron chi connectivity index (χ4n) is 4.28. The summed E-state index contributed by atoms with van der Waals surface area (Å²) in [6.07, 6.45) is 0.943. The van der Waals surface area contributed by atoms with Crippen LogP contribution in [0.2, 0.25) is 0 Å². The van der Waals surface area contributed by atoms with Crippen LogP contribution in [0.3, 0.4) is 0 Å². The van der Waals surface area contributed by atoms with E-state index in [2.05, 4.69) is 25.0 Å². The van der Waals surface area contributed by atoms with Gasteiger partial charge in [0.1, 0.15) is 24.1 Å². The Balaban J connectivity index is 1.29. The second-order valence-corrected chi connectivity index (χ2v) is 8.66. The first kappa shape index (κ1) is 23.1. The summed E-state index contributed by atoms with van der Waals surface area (Å²) in [5.41, 5.74) is -0.608. The lowest BCUT2D eigenvalue weighted by molar-refractivity contribution is -0.137. The van der Waals surface area contributed by atoms with E-state index in [0.717, 1.165) is 25.1 Å². The van der Waals surface area contributed by atoms with Crippen molar-refractivity contribution in [2.75, 3.05) is 18.0 Å². The van der Waals surface area contributed by atoms with Gasteiger partial charge in [0.05, 0.1) is 23.7 Å². The minimum Gasteiger partial charge on any atom is -0.354 e. The third kappa shape index (κ3) is 4.66. The first-order valence-corrected chi connectivity index (χ1v) is 11.2. The third-order valence-electron chi connectivity index (χ3n) is 6.23. The van der Waals surface area contributed by atoms with Gasteiger partial charge in [0.15, 0.2) is 0 Å². The number of pyridine rings is 1. The lowest BCUT2D eigenvalue weighted by Gasteiger charge is -2.41. The van der Waals surface area contributed by atoms with Crippen molar-refractivity contribution >= 4 is 11.7 Å². The number of amides is 1. The number of nitrogens with zero attached hydrogens (tertiary/aromatic N) is 8. The zero-order valence-corrected chi connectivity index (χ0v) is 18.7. The summed E-state index contributed by atoms with van der Waals surface area (Å²) >= 11 is 0. The Bertz CT molecular complexity index is 1190. The minimum atomic E-state index is -4.48. The topological polar surface area (TPSA) is 92.9 Å². The molecule has 2 aliphatic rings. The fraction of sp³-hybridized carbons (Fsp3) is 0.455. The molecule has 0 bridgehead atoms. The summed E-state index contributed by atoms with van der Waals surface area (Å²) in [6, 6.07) is 1.47. The highest BCUT2D eigenvalue weighted by Gasteiger charge is 2.43. The van der Waals surface area contributed by atoms with Crippen LogP contribution < -0.4 is 4.90 Å². The van der Waals surface area contributed by atoms with Gasteiger partial charge in [-0.1, -0.05) is 0 Å². The van der Waals surface area contributed by atoms with E-state index in [-0.39, 0.29) is 35.8 Å². The van der Waals surface area contributed by atoms with Crippen LogP contribution in [0.4, 0.5) is 23.4 Å². The highest BCUT2D eigenvalue weighted by Crippen LogP contribution is 2.35. The van der Waals surface area contributed by atoms with Gasteiger partial charge >= 0.3 is 6.18 Å². The van der Waals surface area contributed by atoms with E-state index in [1.165, 1.54) is 29.5 Å². The van der Waals surface area contributed by atoms with Crippen LogP contribution in [0.1, 0.15) is 41.0 Å². The van der Waals surface area contributed by atoms with Crippen LogP contribution in [0.25, 0.3) is 5.95 Å². The van der Waals surface area contributed by atoms with Crippen molar-refractivity contribution in [3.8, 4) is 5.95 Å². The van der Waals surface area contributed by atoms with E-state index in [0.29, 0.717) is 18.8 Å². The molecule has 0 spiro atoms. The van der Waals surface area contributed by atoms with Gasteiger partial charge in [0.2, 0.25) is 0 Å². The average molecular weight is 490 g/mol. The smallest absolute Gasteiger partial charge is 0.354 e. The van der Waals surface area contributed by atoms with Crippen molar-refractivity contribution < 1.29 is 22.4 Å². The molecule has 3 aromatic rings. The zero-order chi connectivity index (χ0) is 24.7. The van der Waals surface area contributed by atoms with Gasteiger partial charge in [-0.15, -0.1) is 0 Å². The number of hydrogen-bond acceptors (Lipinski definition) is 7. The molecule has 1 aliphatic carbocycles. The summed E-state index contributed by atoms with van der Waals surface area (Å²) in [7, 11) is 0. The maximum atomic E-state index is 15.4. The van der Waals surface area contributed by atoms with Crippen molar-refractivity contribution in [1.82, 2.24) is 34.6 Å². The summed E-state index contributed by atoms with van der Waals surface area (Å²) in [4.78, 5) is 32.8. The lowest BCUT2D eigenvalue weighted by Crippen LogP contribution is -2.55. The molecule has 0 N–H and O–H groups in total. The van der Waals surface area contributed by atoms with Gasteiger partial charge in [-0.25, -0.2) is 24.3 Å². The van der Waals surface area contributed by atoms with Crippen LogP contribution in [0, 0.1) is 6.92 Å². The number of piperidine rings is 1. The highest BCUT2D eigenvalue weighted by molar-refractivity contribution is 5.94. The predicted molar refractivity (Wildman–Crippen MR) is 116 cm³/mol. The number of hydrogen-bond donors (Lipinski definition) is 0.